The smallest absolute Gasteiger partial charge is 0.410 e. The molecule has 1 heterocycles. The monoisotopic (exact) mass is 232 g/mol. The first-order chi connectivity index (χ1) is 8.11. The van der Waals surface area contributed by atoms with E-state index in [-0.39, 0.29) is 0 Å². The summed E-state index contributed by atoms with van der Waals surface area (Å²) >= 11 is 0. The topological polar surface area (TPSA) is 62.4 Å². The van der Waals surface area contributed by atoms with Crippen molar-refractivity contribution in [2.45, 2.75) is 0 Å². The molecule has 1 aromatic carbocycles. The average molecular weight is 232 g/mol. The number of aromatic amines is 1. The van der Waals surface area contributed by atoms with Crippen LogP contribution in [0.4, 0.5) is 4.79 Å². The minimum absolute atomic E-state index is 0.416. The number of H-pyrrole nitrogens is 1. The summed E-state index contributed by atoms with van der Waals surface area (Å²) in [6.07, 6.45) is 1.93. The van der Waals surface area contributed by atoms with Gasteiger partial charge in [-0.1, -0.05) is 0 Å². The molecule has 0 unspecified atom stereocenters. The number of hydrogen-bond donors (Lipinski definition) is 1. The second-order valence-corrected chi connectivity index (χ2v) is 3.83. The van der Waals surface area contributed by atoms with Crippen LogP contribution < -0.4 is 4.74 Å². The van der Waals surface area contributed by atoms with E-state index in [9.17, 15) is 9.59 Å². The molecule has 1 N–H and O–H groups in total. The Morgan fingerprint density at radius 2 is 2.18 bits per heavy atom. The molecule has 0 saturated carbocycles. The summed E-state index contributed by atoms with van der Waals surface area (Å²) in [6, 6.07) is 5.10. The number of ether oxygens (including phenoxy) is 1. The quantitative estimate of drug-likeness (QED) is 0.806. The molecule has 2 aromatic rings. The Hall–Kier alpha value is -2.30. The van der Waals surface area contributed by atoms with Gasteiger partial charge in [0.05, 0.1) is 0 Å². The largest absolute Gasteiger partial charge is 0.414 e. The predicted octanol–water partition coefficient (Wildman–Crippen LogP) is 2.04. The zero-order chi connectivity index (χ0) is 12.4. The molecule has 0 fully saturated rings. The van der Waals surface area contributed by atoms with Gasteiger partial charge in [0.2, 0.25) is 0 Å². The Kier molecular flexibility index (Phi) is 2.82. The van der Waals surface area contributed by atoms with Crippen molar-refractivity contribution in [3.05, 3.63) is 30.0 Å². The Balaban J connectivity index is 2.36. The summed E-state index contributed by atoms with van der Waals surface area (Å²) in [5, 5.41) is 0.740. The van der Waals surface area contributed by atoms with Crippen molar-refractivity contribution in [1.29, 1.82) is 0 Å². The van der Waals surface area contributed by atoms with Gasteiger partial charge in [-0.25, -0.2) is 4.79 Å². The van der Waals surface area contributed by atoms with Gasteiger partial charge in [-0.05, 0) is 18.2 Å². The molecular weight excluding hydrogens is 220 g/mol. The van der Waals surface area contributed by atoms with Crippen LogP contribution in [-0.2, 0) is 0 Å². The fourth-order valence-corrected chi connectivity index (χ4v) is 1.47. The summed E-state index contributed by atoms with van der Waals surface area (Å²) < 4.78 is 5.11. The molecule has 0 saturated heterocycles. The Labute approximate surface area is 98.0 Å². The molecule has 0 spiro atoms. The number of fused-ring (bicyclic) bond motifs is 1. The Morgan fingerprint density at radius 1 is 1.41 bits per heavy atom. The lowest BCUT2D eigenvalue weighted by molar-refractivity contribution is 0.112. The molecule has 0 aliphatic heterocycles. The van der Waals surface area contributed by atoms with Crippen LogP contribution in [0.3, 0.4) is 0 Å². The maximum Gasteiger partial charge on any atom is 0.414 e. The first-order valence-electron chi connectivity index (χ1n) is 5.07. The third kappa shape index (κ3) is 2.13. The number of amides is 1. The lowest BCUT2D eigenvalue weighted by atomic mass is 10.2. The molecule has 0 radical (unpaired) electrons. The Bertz CT molecular complexity index is 572. The van der Waals surface area contributed by atoms with E-state index in [4.69, 9.17) is 4.74 Å². The molecular formula is C12H12N2O3. The molecule has 5 heteroatoms. The number of aromatic nitrogens is 1. The fraction of sp³-hybridized carbons (Fsp3) is 0.167. The third-order valence-corrected chi connectivity index (χ3v) is 2.38. The van der Waals surface area contributed by atoms with Crippen LogP contribution in [0, 0.1) is 0 Å². The number of aldehydes is 1. The van der Waals surface area contributed by atoms with E-state index in [0.717, 1.165) is 17.2 Å². The predicted molar refractivity (Wildman–Crippen MR) is 63.4 cm³/mol. The van der Waals surface area contributed by atoms with E-state index in [0.29, 0.717) is 11.3 Å². The van der Waals surface area contributed by atoms with E-state index >= 15 is 0 Å². The van der Waals surface area contributed by atoms with Gasteiger partial charge < -0.3 is 14.6 Å². The zero-order valence-electron chi connectivity index (χ0n) is 9.56. The minimum Gasteiger partial charge on any atom is -0.410 e. The van der Waals surface area contributed by atoms with E-state index in [1.54, 1.807) is 38.5 Å². The van der Waals surface area contributed by atoms with E-state index in [2.05, 4.69) is 4.98 Å². The molecule has 1 aromatic heterocycles. The van der Waals surface area contributed by atoms with Gasteiger partial charge in [0.15, 0.2) is 6.29 Å². The number of benzene rings is 1. The molecule has 0 atom stereocenters. The Morgan fingerprint density at radius 3 is 2.82 bits per heavy atom. The molecule has 0 bridgehead atoms. The highest BCUT2D eigenvalue weighted by atomic mass is 16.6. The lowest BCUT2D eigenvalue weighted by Gasteiger charge is -2.10. The second-order valence-electron chi connectivity index (χ2n) is 3.83. The molecule has 17 heavy (non-hydrogen) atoms. The van der Waals surface area contributed by atoms with Crippen LogP contribution in [0.25, 0.3) is 10.9 Å². The number of carbonyl (C=O) groups is 2. The van der Waals surface area contributed by atoms with Crippen LogP contribution in [-0.4, -0.2) is 36.4 Å². The maximum absolute atomic E-state index is 11.4. The van der Waals surface area contributed by atoms with Crippen LogP contribution in [0.5, 0.6) is 5.75 Å². The average Bonchev–Trinajstić information content (AvgIpc) is 2.71. The summed E-state index contributed by atoms with van der Waals surface area (Å²) in [5.41, 5.74) is 1.37. The highest BCUT2D eigenvalue weighted by Crippen LogP contribution is 2.23. The normalized spacial score (nSPS) is 10.2. The standard InChI is InChI=1S/C12H12N2O3/c1-14(2)12(16)17-9-3-4-11-10(5-9)8(7-15)6-13-11/h3-7,13H,1-2H3. The first kappa shape index (κ1) is 11.2. The fourth-order valence-electron chi connectivity index (χ4n) is 1.47. The first-order valence-corrected chi connectivity index (χ1v) is 5.07. The highest BCUT2D eigenvalue weighted by molar-refractivity contribution is 5.97. The number of carbonyl (C=O) groups excluding carboxylic acids is 2. The molecule has 1 amide bonds. The molecule has 0 aliphatic rings. The number of hydrogen-bond acceptors (Lipinski definition) is 3. The summed E-state index contributed by atoms with van der Waals surface area (Å²) in [4.78, 5) is 26.5. The van der Waals surface area contributed by atoms with Gasteiger partial charge in [-0.3, -0.25) is 4.79 Å². The lowest BCUT2D eigenvalue weighted by Crippen LogP contribution is -2.25. The van der Waals surface area contributed by atoms with E-state index in [1.807, 2.05) is 0 Å². The van der Waals surface area contributed by atoms with Crippen LogP contribution >= 0.6 is 0 Å². The number of nitrogens with one attached hydrogen (secondary N) is 1. The SMILES string of the molecule is CN(C)C(=O)Oc1ccc2[nH]cc(C=O)c2c1. The number of rotatable bonds is 2. The van der Waals surface area contributed by atoms with Crippen molar-refractivity contribution in [2.24, 2.45) is 0 Å². The highest BCUT2D eigenvalue weighted by Gasteiger charge is 2.09. The summed E-state index contributed by atoms with van der Waals surface area (Å²) in [5.74, 6) is 0.416. The van der Waals surface area contributed by atoms with Gasteiger partial charge in [0.1, 0.15) is 5.75 Å². The molecule has 88 valence electrons. The van der Waals surface area contributed by atoms with Crippen LogP contribution in [0.1, 0.15) is 10.4 Å². The van der Waals surface area contributed by atoms with Crippen molar-refractivity contribution in [1.82, 2.24) is 9.88 Å². The van der Waals surface area contributed by atoms with E-state index < -0.39 is 6.09 Å². The molecule has 5 nitrogen and oxygen atoms in total. The van der Waals surface area contributed by atoms with Crippen molar-refractivity contribution in [3.63, 3.8) is 0 Å². The second kappa shape index (κ2) is 4.29. The van der Waals surface area contributed by atoms with Crippen LogP contribution in [0.15, 0.2) is 24.4 Å². The van der Waals surface area contributed by atoms with Crippen molar-refractivity contribution < 1.29 is 14.3 Å². The van der Waals surface area contributed by atoms with Crippen molar-refractivity contribution in [2.75, 3.05) is 14.1 Å². The van der Waals surface area contributed by atoms with Gasteiger partial charge >= 0.3 is 6.09 Å². The maximum atomic E-state index is 11.4. The molecule has 2 rings (SSSR count). The van der Waals surface area contributed by atoms with Crippen molar-refractivity contribution >= 4 is 23.3 Å². The van der Waals surface area contributed by atoms with Crippen LogP contribution in [0.2, 0.25) is 0 Å². The third-order valence-electron chi connectivity index (χ3n) is 2.38. The van der Waals surface area contributed by atoms with Gasteiger partial charge in [-0.15, -0.1) is 0 Å². The minimum atomic E-state index is -0.451. The summed E-state index contributed by atoms with van der Waals surface area (Å²) in [6.45, 7) is 0. The van der Waals surface area contributed by atoms with E-state index in [1.165, 1.54) is 4.90 Å². The number of nitrogens with zero attached hydrogens (tertiary/aromatic N) is 1. The van der Waals surface area contributed by atoms with Gasteiger partial charge in [0, 0.05) is 36.8 Å². The van der Waals surface area contributed by atoms with Crippen molar-refractivity contribution in [3.8, 4) is 5.75 Å². The van der Waals surface area contributed by atoms with Gasteiger partial charge in [0.25, 0.3) is 0 Å². The van der Waals surface area contributed by atoms with Gasteiger partial charge in [-0.2, -0.15) is 0 Å². The zero-order valence-corrected chi connectivity index (χ0v) is 9.56. The summed E-state index contributed by atoms with van der Waals surface area (Å²) in [7, 11) is 3.21. The molecule has 0 aliphatic carbocycles.